The number of nitrogens with one attached hydrogen (secondary N) is 1. The molecule has 2 aliphatic rings. The summed E-state index contributed by atoms with van der Waals surface area (Å²) in [6.45, 7) is -0.478. The minimum Gasteiger partial charge on any atom is -0.479 e. The van der Waals surface area contributed by atoms with Gasteiger partial charge in [0.2, 0.25) is 11.6 Å². The molecular formula is C21H18F4N2O3S. The van der Waals surface area contributed by atoms with Crippen molar-refractivity contribution < 1.29 is 31.5 Å². The average Bonchev–Trinajstić information content (AvgIpc) is 3.31. The molecule has 2 fully saturated rings. The van der Waals surface area contributed by atoms with Gasteiger partial charge >= 0.3 is 0 Å². The maximum absolute atomic E-state index is 13.7. The van der Waals surface area contributed by atoms with Gasteiger partial charge in [-0.25, -0.2) is 8.78 Å². The third-order valence-corrected chi connectivity index (χ3v) is 5.55. The Kier molecular flexibility index (Phi) is 5.99. The van der Waals surface area contributed by atoms with Gasteiger partial charge in [-0.15, -0.1) is 0 Å². The number of amides is 1. The summed E-state index contributed by atoms with van der Waals surface area (Å²) >= 11 is 5.31. The van der Waals surface area contributed by atoms with Crippen LogP contribution < -0.4 is 10.1 Å². The lowest BCUT2D eigenvalue weighted by Crippen LogP contribution is -2.41. The van der Waals surface area contributed by atoms with E-state index in [0.717, 1.165) is 32.1 Å². The van der Waals surface area contributed by atoms with Crippen molar-refractivity contribution in [2.75, 3.05) is 0 Å². The van der Waals surface area contributed by atoms with Crippen LogP contribution >= 0.6 is 12.2 Å². The average molecular weight is 454 g/mol. The lowest BCUT2D eigenvalue weighted by molar-refractivity contribution is -0.124. The standard InChI is InChI=1S/C21H18F4N2O3S/c22-14-9-15(23)18(25)19(17(14)24)29-10-13-7-6-12(30-13)8-16-20(28)27(21(31)26-16)11-4-2-1-3-5-11/h6-9,11H,1-5,10H2,(H,26,31)/b16-8+. The molecule has 0 bridgehead atoms. The van der Waals surface area contributed by atoms with E-state index in [1.54, 1.807) is 4.90 Å². The Bertz CT molecular complexity index is 1040. The lowest BCUT2D eigenvalue weighted by Gasteiger charge is -2.29. The number of carbonyl (C=O) groups is 1. The van der Waals surface area contributed by atoms with E-state index in [-0.39, 0.29) is 35.2 Å². The number of nitrogens with zero attached hydrogens (tertiary/aromatic N) is 1. The van der Waals surface area contributed by atoms with Crippen molar-refractivity contribution >= 4 is 29.3 Å². The molecular weight excluding hydrogens is 436 g/mol. The Hall–Kier alpha value is -2.88. The van der Waals surface area contributed by atoms with Crippen molar-refractivity contribution in [1.82, 2.24) is 10.2 Å². The van der Waals surface area contributed by atoms with Crippen molar-refractivity contribution in [1.29, 1.82) is 0 Å². The summed E-state index contributed by atoms with van der Waals surface area (Å²) in [7, 11) is 0. The fourth-order valence-corrected chi connectivity index (χ4v) is 4.07. The zero-order chi connectivity index (χ0) is 22.1. The number of hydrogen-bond acceptors (Lipinski definition) is 4. The van der Waals surface area contributed by atoms with Crippen LogP contribution in [-0.4, -0.2) is 22.0 Å². The number of ether oxygens (including phenoxy) is 1. The van der Waals surface area contributed by atoms with E-state index in [1.165, 1.54) is 18.2 Å². The zero-order valence-electron chi connectivity index (χ0n) is 16.2. The van der Waals surface area contributed by atoms with Crippen molar-refractivity contribution in [2.45, 2.75) is 44.8 Å². The van der Waals surface area contributed by atoms with Gasteiger partial charge in [-0.05, 0) is 37.2 Å². The van der Waals surface area contributed by atoms with Crippen molar-refractivity contribution in [2.24, 2.45) is 0 Å². The fraction of sp³-hybridized carbons (Fsp3) is 0.333. The zero-order valence-corrected chi connectivity index (χ0v) is 17.0. The molecule has 0 radical (unpaired) electrons. The van der Waals surface area contributed by atoms with Crippen molar-refractivity contribution in [3.8, 4) is 5.75 Å². The highest BCUT2D eigenvalue weighted by molar-refractivity contribution is 7.80. The van der Waals surface area contributed by atoms with E-state index < -0.39 is 35.6 Å². The van der Waals surface area contributed by atoms with E-state index in [9.17, 15) is 22.4 Å². The van der Waals surface area contributed by atoms with Gasteiger partial charge in [-0.3, -0.25) is 9.69 Å². The highest BCUT2D eigenvalue weighted by Gasteiger charge is 2.36. The van der Waals surface area contributed by atoms with Gasteiger partial charge in [0.1, 0.15) is 23.8 Å². The van der Waals surface area contributed by atoms with Crippen LogP contribution in [0.5, 0.6) is 5.75 Å². The van der Waals surface area contributed by atoms with E-state index >= 15 is 0 Å². The second kappa shape index (κ2) is 8.70. The molecule has 4 rings (SSSR count). The van der Waals surface area contributed by atoms with Gasteiger partial charge < -0.3 is 14.5 Å². The summed E-state index contributed by atoms with van der Waals surface area (Å²) in [5.74, 6) is -7.41. The molecule has 1 aliphatic heterocycles. The van der Waals surface area contributed by atoms with Crippen LogP contribution in [0.1, 0.15) is 43.6 Å². The van der Waals surface area contributed by atoms with Gasteiger partial charge in [-0.2, -0.15) is 8.78 Å². The number of furan rings is 1. The quantitative estimate of drug-likeness (QED) is 0.304. The minimum atomic E-state index is -1.63. The maximum atomic E-state index is 13.7. The van der Waals surface area contributed by atoms with Gasteiger partial charge in [0, 0.05) is 18.2 Å². The lowest BCUT2D eigenvalue weighted by atomic mass is 9.94. The number of thiocarbonyl (C=S) groups is 1. The van der Waals surface area contributed by atoms with Gasteiger partial charge in [0.15, 0.2) is 22.5 Å². The molecule has 1 aliphatic carbocycles. The molecule has 1 saturated heterocycles. The largest absolute Gasteiger partial charge is 0.479 e. The number of hydrogen-bond donors (Lipinski definition) is 1. The summed E-state index contributed by atoms with van der Waals surface area (Å²) in [5.41, 5.74) is 0.252. The minimum absolute atomic E-state index is 0.0733. The number of halogens is 4. The molecule has 164 valence electrons. The van der Waals surface area contributed by atoms with Crippen LogP contribution in [0.3, 0.4) is 0 Å². The predicted octanol–water partition coefficient (Wildman–Crippen LogP) is 4.81. The van der Waals surface area contributed by atoms with E-state index in [4.69, 9.17) is 21.4 Å². The predicted molar refractivity (Wildman–Crippen MR) is 107 cm³/mol. The van der Waals surface area contributed by atoms with E-state index in [2.05, 4.69) is 5.32 Å². The van der Waals surface area contributed by atoms with Crippen molar-refractivity contribution in [3.05, 3.63) is 58.7 Å². The molecule has 1 aromatic heterocycles. The highest BCUT2D eigenvalue weighted by atomic mass is 32.1. The molecule has 1 saturated carbocycles. The number of rotatable bonds is 5. The molecule has 1 N–H and O–H groups in total. The molecule has 1 aromatic carbocycles. The van der Waals surface area contributed by atoms with Crippen LogP contribution in [0, 0.1) is 23.3 Å². The summed E-state index contributed by atoms with van der Waals surface area (Å²) < 4.78 is 64.3. The molecule has 2 aromatic rings. The van der Waals surface area contributed by atoms with Crippen LogP contribution in [0.4, 0.5) is 17.6 Å². The second-order valence-corrected chi connectivity index (χ2v) is 7.73. The summed E-state index contributed by atoms with van der Waals surface area (Å²) in [5, 5.41) is 3.23. The third-order valence-electron chi connectivity index (χ3n) is 5.25. The summed E-state index contributed by atoms with van der Waals surface area (Å²) in [4.78, 5) is 14.4. The van der Waals surface area contributed by atoms with Crippen LogP contribution in [0.25, 0.3) is 6.08 Å². The Morgan fingerprint density at radius 1 is 1.13 bits per heavy atom. The maximum Gasteiger partial charge on any atom is 0.276 e. The summed E-state index contributed by atoms with van der Waals surface area (Å²) in [6, 6.07) is 3.14. The molecule has 0 spiro atoms. The van der Waals surface area contributed by atoms with Crippen molar-refractivity contribution in [3.63, 3.8) is 0 Å². The summed E-state index contributed by atoms with van der Waals surface area (Å²) in [6.07, 6.45) is 6.51. The Morgan fingerprint density at radius 2 is 1.81 bits per heavy atom. The van der Waals surface area contributed by atoms with Gasteiger partial charge in [0.05, 0.1) is 0 Å². The third kappa shape index (κ3) is 4.30. The smallest absolute Gasteiger partial charge is 0.276 e. The second-order valence-electron chi connectivity index (χ2n) is 7.35. The molecule has 31 heavy (non-hydrogen) atoms. The SMILES string of the molecule is O=C1/C(=C\c2ccc(COc3c(F)c(F)cc(F)c3F)o2)NC(=S)N1C1CCCCC1. The number of carbonyl (C=O) groups excluding carboxylic acids is 1. The van der Waals surface area contributed by atoms with Crippen LogP contribution in [0.2, 0.25) is 0 Å². The fourth-order valence-electron chi connectivity index (χ4n) is 3.73. The monoisotopic (exact) mass is 454 g/mol. The molecule has 2 heterocycles. The topological polar surface area (TPSA) is 54.7 Å². The first-order valence-electron chi connectivity index (χ1n) is 9.76. The van der Waals surface area contributed by atoms with E-state index in [1.807, 2.05) is 0 Å². The molecule has 1 amide bonds. The van der Waals surface area contributed by atoms with Gasteiger partial charge in [0.25, 0.3) is 5.91 Å². The first-order valence-corrected chi connectivity index (χ1v) is 10.2. The highest BCUT2D eigenvalue weighted by Crippen LogP contribution is 2.29. The first kappa shape index (κ1) is 21.4. The molecule has 5 nitrogen and oxygen atoms in total. The Morgan fingerprint density at radius 3 is 2.48 bits per heavy atom. The van der Waals surface area contributed by atoms with Gasteiger partial charge in [-0.1, -0.05) is 19.3 Å². The van der Waals surface area contributed by atoms with Crippen LogP contribution in [-0.2, 0) is 11.4 Å². The molecule has 10 heteroatoms. The normalized spacial score (nSPS) is 18.7. The molecule has 0 unspecified atom stereocenters. The van der Waals surface area contributed by atoms with E-state index in [0.29, 0.717) is 5.11 Å². The van der Waals surface area contributed by atoms with Crippen LogP contribution in [0.15, 0.2) is 28.3 Å². The Labute approximate surface area is 180 Å². The Balaban J connectivity index is 1.45. The number of benzene rings is 1. The first-order chi connectivity index (χ1) is 14.8. The molecule has 0 atom stereocenters.